The summed E-state index contributed by atoms with van der Waals surface area (Å²) in [5.41, 5.74) is -4.46. The molecule has 17 nitrogen and oxygen atoms in total. The van der Waals surface area contributed by atoms with Gasteiger partial charge in [-0.1, -0.05) is 24.0 Å². The molecule has 77 heavy (non-hydrogen) atoms. The van der Waals surface area contributed by atoms with Crippen molar-refractivity contribution in [3.63, 3.8) is 0 Å². The summed E-state index contributed by atoms with van der Waals surface area (Å²) in [4.78, 5) is 61.2. The number of carbonyl (C=O) groups excluding carboxylic acids is 3. The molecule has 2 aliphatic rings. The molecule has 0 aliphatic carbocycles. The number of piperazine rings is 1. The summed E-state index contributed by atoms with van der Waals surface area (Å²) >= 11 is 0. The fourth-order valence-electron chi connectivity index (χ4n) is 8.82. The lowest BCUT2D eigenvalue weighted by atomic mass is 9.82. The van der Waals surface area contributed by atoms with Gasteiger partial charge in [0.1, 0.15) is 29.5 Å². The van der Waals surface area contributed by atoms with Crippen LogP contribution in [0.25, 0.3) is 11.1 Å². The number of amides is 4. The van der Waals surface area contributed by atoms with Crippen LogP contribution in [0.5, 0.6) is 0 Å². The second-order valence-electron chi connectivity index (χ2n) is 19.8. The Hall–Kier alpha value is -7.18. The number of aliphatic hydroxyl groups is 1. The Morgan fingerprint density at radius 2 is 1.36 bits per heavy atom. The minimum Gasteiger partial charge on any atom is -0.465 e. The number of fused-ring (bicyclic) bond motifs is 2. The summed E-state index contributed by atoms with van der Waals surface area (Å²) in [5.74, 6) is 0.614. The predicted octanol–water partition coefficient (Wildman–Crippen LogP) is 6.76. The van der Waals surface area contributed by atoms with Crippen molar-refractivity contribution in [3.8, 4) is 23.0 Å². The lowest BCUT2D eigenvalue weighted by Crippen LogP contribution is -2.63. The molecule has 418 valence electrons. The topological polar surface area (TPSA) is 207 Å². The summed E-state index contributed by atoms with van der Waals surface area (Å²) in [6, 6.07) is 4.98. The van der Waals surface area contributed by atoms with Gasteiger partial charge in [-0.3, -0.25) is 19.9 Å². The summed E-state index contributed by atoms with van der Waals surface area (Å²) in [6.07, 6.45) is -11.2. The van der Waals surface area contributed by atoms with E-state index in [0.717, 1.165) is 51.3 Å². The number of nitrogens with one attached hydrogen (secondary N) is 4. The highest BCUT2D eigenvalue weighted by atomic mass is 19.4. The van der Waals surface area contributed by atoms with Crippen molar-refractivity contribution in [3.05, 3.63) is 101 Å². The van der Waals surface area contributed by atoms with Crippen molar-refractivity contribution in [2.24, 2.45) is 10.8 Å². The van der Waals surface area contributed by atoms with Crippen LogP contribution in [-0.4, -0.2) is 141 Å². The van der Waals surface area contributed by atoms with E-state index in [1.165, 1.54) is 29.6 Å². The molecule has 2 aromatic heterocycles. The van der Waals surface area contributed by atoms with Gasteiger partial charge in [0.05, 0.1) is 36.3 Å². The Morgan fingerprint density at radius 3 is 1.87 bits per heavy atom. The number of carbonyl (C=O) groups is 4. The first-order valence-corrected chi connectivity index (χ1v) is 23.8. The van der Waals surface area contributed by atoms with Crippen LogP contribution in [0.2, 0.25) is 0 Å². The molecule has 2 aliphatic heterocycles. The number of aromatic nitrogens is 3. The largest absolute Gasteiger partial charge is 0.465 e. The van der Waals surface area contributed by atoms with Crippen molar-refractivity contribution >= 4 is 29.8 Å². The van der Waals surface area contributed by atoms with Crippen molar-refractivity contribution < 1.29 is 78.0 Å². The molecular formula is C50H56F10N10O7. The van der Waals surface area contributed by atoms with Crippen LogP contribution in [0.4, 0.5) is 59.3 Å². The molecule has 2 saturated heterocycles. The average molecular weight is 1100 g/mol. The maximum Gasteiger partial charge on any atom is 0.407 e. The summed E-state index contributed by atoms with van der Waals surface area (Å²) in [5, 5.41) is 30.9. The van der Waals surface area contributed by atoms with Crippen LogP contribution < -0.4 is 26.3 Å². The van der Waals surface area contributed by atoms with E-state index in [4.69, 9.17) is 0 Å². The highest BCUT2D eigenvalue weighted by Gasteiger charge is 2.57. The van der Waals surface area contributed by atoms with Crippen LogP contribution in [-0.2, 0) is 27.3 Å². The number of alkyl halides is 8. The van der Waals surface area contributed by atoms with E-state index in [9.17, 15) is 64.5 Å². The number of halogens is 10. The molecule has 4 aromatic rings. The first-order valence-electron chi connectivity index (χ1n) is 23.8. The quantitative estimate of drug-likeness (QED) is 0.0348. The molecule has 27 heteroatoms. The standard InChI is InChI=1S/C50H56F10N10O7/c1-47(2,49(55,56)57)40(65-46(76)77-6)42(72)63-37(17-28-10-7-27(8-11-28)9-12-29-13-16-39(61-20-29)68-23-32-14-15-33(24-68)67(32)5)38(71)26-69(66-43(73)41(64-45(74)75)48(3,4)50(58,59)60)25-34-35(51)18-30(19-36(34)52)31-21-62-70(22-31)44(53)54/h7-8,10-11,13,16,18-22,32-33,37-38,40-41,44,64,71H,14-15,17,23-26H2,1-6H3,(H,63,72)(H,65,76)(H,66,73)(H,74,75). The maximum absolute atomic E-state index is 16.0. The number of alkyl carbamates (subject to hydrolysis) is 1. The van der Waals surface area contributed by atoms with Crippen LogP contribution in [0.15, 0.2) is 67.1 Å². The van der Waals surface area contributed by atoms with Gasteiger partial charge in [-0.05, 0) is 102 Å². The first kappa shape index (κ1) is 59.1. The highest BCUT2D eigenvalue weighted by molar-refractivity contribution is 5.87. The van der Waals surface area contributed by atoms with E-state index >= 15 is 8.78 Å². The lowest BCUT2D eigenvalue weighted by Gasteiger charge is -2.39. The number of ether oxygens (including phenoxy) is 1. The van der Waals surface area contributed by atoms with Crippen LogP contribution >= 0.6 is 0 Å². The van der Waals surface area contributed by atoms with E-state index in [0.29, 0.717) is 68.0 Å². The number of hydrazine groups is 1. The highest BCUT2D eigenvalue weighted by Crippen LogP contribution is 2.42. The fourth-order valence-corrected chi connectivity index (χ4v) is 8.82. The fraction of sp³-hybridized carbons (Fsp3) is 0.480. The number of aliphatic hydroxyl groups excluding tert-OH is 1. The van der Waals surface area contributed by atoms with E-state index in [-0.39, 0.29) is 21.4 Å². The number of pyridine rings is 1. The minimum absolute atomic E-state index is 0.186. The van der Waals surface area contributed by atoms with Gasteiger partial charge in [-0.15, -0.1) is 0 Å². The van der Waals surface area contributed by atoms with Gasteiger partial charge in [0.25, 0.3) is 5.91 Å². The molecule has 4 amide bonds. The van der Waals surface area contributed by atoms with Crippen LogP contribution in [0.3, 0.4) is 0 Å². The molecule has 0 radical (unpaired) electrons. The number of carboxylic acid groups (broad SMARTS) is 1. The van der Waals surface area contributed by atoms with E-state index < -0.39 is 115 Å². The number of nitrogens with zero attached hydrogens (tertiary/aromatic N) is 6. The Balaban J connectivity index is 1.33. The second kappa shape index (κ2) is 23.6. The van der Waals surface area contributed by atoms with Gasteiger partial charge >= 0.3 is 31.1 Å². The molecule has 0 saturated carbocycles. The molecule has 6 atom stereocenters. The van der Waals surface area contributed by atoms with Crippen molar-refractivity contribution in [1.82, 2.24) is 46.0 Å². The molecule has 2 fully saturated rings. The smallest absolute Gasteiger partial charge is 0.407 e. The van der Waals surface area contributed by atoms with Gasteiger partial charge in [-0.25, -0.2) is 33.0 Å². The predicted molar refractivity (Wildman–Crippen MR) is 256 cm³/mol. The van der Waals surface area contributed by atoms with Gasteiger partial charge in [0, 0.05) is 72.9 Å². The SMILES string of the molecule is COC(=O)NC(C(=O)NC(Cc1ccc(C#Cc2ccc(N3CC4CCC(C3)N4C)nc2)cc1)C(O)CN(Cc1c(F)cc(-c2cnn(C(F)F)c2)cc1F)NC(=O)C(NC(=O)O)C(C)(C)C(F)(F)F)C(C)(C)C(F)(F)F. The molecule has 0 spiro atoms. The maximum atomic E-state index is 16.0. The van der Waals surface area contributed by atoms with Gasteiger partial charge in [-0.2, -0.15) is 40.2 Å². The number of benzene rings is 2. The van der Waals surface area contributed by atoms with E-state index in [1.807, 2.05) is 22.9 Å². The van der Waals surface area contributed by atoms with Crippen molar-refractivity contribution in [2.45, 2.75) is 109 Å². The molecule has 6 rings (SSSR count). The van der Waals surface area contributed by atoms with E-state index in [1.54, 1.807) is 6.20 Å². The molecule has 4 heterocycles. The molecular weight excluding hydrogens is 1040 g/mol. The number of methoxy groups -OCH3 is 1. The Kier molecular flexibility index (Phi) is 18.1. The minimum atomic E-state index is -5.28. The molecule has 2 bridgehead atoms. The zero-order valence-corrected chi connectivity index (χ0v) is 42.2. The Morgan fingerprint density at radius 1 is 0.805 bits per heavy atom. The lowest BCUT2D eigenvalue weighted by molar-refractivity contribution is -0.221. The Labute approximate surface area is 435 Å². The van der Waals surface area contributed by atoms with Gasteiger partial charge in [0.2, 0.25) is 5.91 Å². The molecule has 2 aromatic carbocycles. The second-order valence-corrected chi connectivity index (χ2v) is 19.8. The van der Waals surface area contributed by atoms with E-state index in [2.05, 4.69) is 48.8 Å². The summed E-state index contributed by atoms with van der Waals surface area (Å²) in [6.45, 7) is -1.65. The number of hydrogen-bond donors (Lipinski definition) is 6. The third-order valence-electron chi connectivity index (χ3n) is 13.9. The first-order chi connectivity index (χ1) is 35.9. The van der Waals surface area contributed by atoms with Crippen LogP contribution in [0, 0.1) is 34.3 Å². The average Bonchev–Trinajstić information content (AvgIpc) is 3.91. The normalized spacial score (nSPS) is 17.7. The van der Waals surface area contributed by atoms with Gasteiger partial charge in [0.15, 0.2) is 0 Å². The summed E-state index contributed by atoms with van der Waals surface area (Å²) < 4.78 is 150. The Bertz CT molecular complexity index is 2780. The number of rotatable bonds is 18. The number of hydrogen-bond acceptors (Lipinski definition) is 11. The van der Waals surface area contributed by atoms with Crippen molar-refractivity contribution in [2.75, 3.05) is 38.7 Å². The van der Waals surface area contributed by atoms with Crippen molar-refractivity contribution in [1.29, 1.82) is 0 Å². The monoisotopic (exact) mass is 1100 g/mol. The molecule has 6 N–H and O–H groups in total. The van der Waals surface area contributed by atoms with Crippen LogP contribution in [0.1, 0.15) is 69.3 Å². The summed E-state index contributed by atoms with van der Waals surface area (Å²) in [7, 11) is 2.94. The third kappa shape index (κ3) is 14.1. The van der Waals surface area contributed by atoms with Gasteiger partial charge < -0.3 is 35.8 Å². The zero-order valence-electron chi connectivity index (χ0n) is 42.2. The third-order valence-corrected chi connectivity index (χ3v) is 13.9. The zero-order chi connectivity index (χ0) is 56.9. The number of anilines is 1. The molecule has 6 unspecified atom stereocenters. The number of likely N-dealkylation sites (N-methyl/N-ethyl adjacent to an activating group) is 1.